The number of aliphatic hydroxyl groups is 1. The predicted octanol–water partition coefficient (Wildman–Crippen LogP) is 3.19. The first kappa shape index (κ1) is 28.2. The van der Waals surface area contributed by atoms with Gasteiger partial charge in [-0.1, -0.05) is 0 Å². The first-order chi connectivity index (χ1) is 18.0. The molecule has 39 heavy (non-hydrogen) atoms. The summed E-state index contributed by atoms with van der Waals surface area (Å²) in [6, 6.07) is -0.192. The summed E-state index contributed by atoms with van der Waals surface area (Å²) in [6.45, 7) is 2.31. The first-order valence-electron chi connectivity index (χ1n) is 11.2. The Morgan fingerprint density at radius 3 is 2.31 bits per heavy atom. The van der Waals surface area contributed by atoms with Crippen LogP contribution in [0.15, 0.2) is 35.3 Å². The van der Waals surface area contributed by atoms with Crippen LogP contribution in [0.3, 0.4) is 0 Å². The van der Waals surface area contributed by atoms with Crippen molar-refractivity contribution < 1.29 is 45.0 Å². The van der Waals surface area contributed by atoms with Crippen molar-refractivity contribution in [1.82, 2.24) is 20.2 Å². The van der Waals surface area contributed by atoms with E-state index >= 15 is 0 Å². The summed E-state index contributed by atoms with van der Waals surface area (Å²) in [5.41, 5.74) is -3.78. The lowest BCUT2D eigenvalue weighted by atomic mass is 10.1. The van der Waals surface area contributed by atoms with E-state index in [4.69, 9.17) is 0 Å². The summed E-state index contributed by atoms with van der Waals surface area (Å²) >= 11 is 0. The van der Waals surface area contributed by atoms with E-state index in [1.54, 1.807) is 6.92 Å². The average molecular weight is 565 g/mol. The number of benzene rings is 1. The Labute approximate surface area is 213 Å². The monoisotopic (exact) mass is 565 g/mol. The first-order valence-corrected chi connectivity index (χ1v) is 11.2. The normalized spacial score (nSPS) is 19.0. The van der Waals surface area contributed by atoms with Crippen molar-refractivity contribution in [2.24, 2.45) is 0 Å². The van der Waals surface area contributed by atoms with Crippen LogP contribution in [0.25, 0.3) is 16.7 Å². The Balaban J connectivity index is 1.92. The third-order valence-electron chi connectivity index (χ3n) is 6.07. The van der Waals surface area contributed by atoms with Gasteiger partial charge in [-0.05, 0) is 26.0 Å². The Morgan fingerprint density at radius 2 is 1.77 bits per heavy atom. The Morgan fingerprint density at radius 1 is 1.15 bits per heavy atom. The van der Waals surface area contributed by atoms with Crippen LogP contribution in [0, 0.1) is 17.5 Å². The molecule has 4 rings (SSSR count). The topological polar surface area (TPSA) is 99.5 Å². The standard InChI is InChI=1S/C23H19F8N5O3/c1-9-7-35(21(39)32-9)16-4-3-12-18(37)13(20(38)33-10(2)22(27,28)23(29,30)31)8-36(19(12)34-16)17-14(25)5-11(24)6-15(17)26/h3-6,8-10,21,32,39H,7H2,1-2H3,(H,33,38)/t9-,10?,21?/m1/s1. The molecule has 1 fully saturated rings. The van der Waals surface area contributed by atoms with Gasteiger partial charge in [0.05, 0.1) is 11.4 Å². The van der Waals surface area contributed by atoms with Crippen LogP contribution in [-0.2, 0) is 0 Å². The fourth-order valence-corrected chi connectivity index (χ4v) is 4.07. The quantitative estimate of drug-likeness (QED) is 0.412. The maximum absolute atomic E-state index is 14.8. The largest absolute Gasteiger partial charge is 0.455 e. The fourth-order valence-electron chi connectivity index (χ4n) is 4.07. The highest BCUT2D eigenvalue weighted by atomic mass is 19.4. The minimum atomic E-state index is -6.03. The van der Waals surface area contributed by atoms with E-state index in [0.717, 1.165) is 6.07 Å². The number of aromatic nitrogens is 2. The van der Waals surface area contributed by atoms with Gasteiger partial charge in [-0.15, -0.1) is 0 Å². The van der Waals surface area contributed by atoms with E-state index in [1.165, 1.54) is 16.3 Å². The van der Waals surface area contributed by atoms with Crippen molar-refractivity contribution in [3.8, 4) is 5.69 Å². The van der Waals surface area contributed by atoms with Gasteiger partial charge in [-0.25, -0.2) is 18.2 Å². The lowest BCUT2D eigenvalue weighted by Crippen LogP contribution is -2.54. The highest BCUT2D eigenvalue weighted by Gasteiger charge is 2.61. The molecule has 3 N–H and O–H groups in total. The van der Waals surface area contributed by atoms with E-state index in [0.29, 0.717) is 17.7 Å². The third kappa shape index (κ3) is 5.01. The Hall–Kier alpha value is -3.79. The third-order valence-corrected chi connectivity index (χ3v) is 6.07. The molecule has 16 heteroatoms. The molecule has 3 atom stereocenters. The second-order valence-corrected chi connectivity index (χ2v) is 8.91. The fraction of sp³-hybridized carbons (Fsp3) is 0.348. The Kier molecular flexibility index (Phi) is 7.06. The smallest absolute Gasteiger partial charge is 0.361 e. The van der Waals surface area contributed by atoms with Crippen molar-refractivity contribution in [1.29, 1.82) is 0 Å². The van der Waals surface area contributed by atoms with Gasteiger partial charge in [0.15, 0.2) is 23.6 Å². The number of carbonyl (C=O) groups is 1. The number of hydrogen-bond acceptors (Lipinski definition) is 6. The van der Waals surface area contributed by atoms with E-state index < -0.39 is 75.6 Å². The maximum atomic E-state index is 14.8. The molecule has 2 unspecified atom stereocenters. The molecule has 8 nitrogen and oxygen atoms in total. The molecule has 3 heterocycles. The molecule has 1 aliphatic heterocycles. The molecule has 0 bridgehead atoms. The number of pyridine rings is 2. The number of carbonyl (C=O) groups excluding carboxylic acids is 1. The maximum Gasteiger partial charge on any atom is 0.455 e. The van der Waals surface area contributed by atoms with Gasteiger partial charge < -0.3 is 15.3 Å². The molecule has 1 aromatic carbocycles. The molecule has 0 radical (unpaired) electrons. The van der Waals surface area contributed by atoms with E-state index in [1.807, 2.05) is 0 Å². The summed E-state index contributed by atoms with van der Waals surface area (Å²) in [4.78, 5) is 31.3. The van der Waals surface area contributed by atoms with Crippen LogP contribution in [0.5, 0.6) is 0 Å². The number of nitrogens with one attached hydrogen (secondary N) is 2. The minimum Gasteiger partial charge on any atom is -0.361 e. The summed E-state index contributed by atoms with van der Waals surface area (Å²) in [7, 11) is 0. The zero-order valence-electron chi connectivity index (χ0n) is 20.0. The van der Waals surface area contributed by atoms with Gasteiger partial charge in [0.25, 0.3) is 5.91 Å². The van der Waals surface area contributed by atoms with Crippen LogP contribution in [0.4, 0.5) is 40.9 Å². The number of amides is 1. The molecule has 1 saturated heterocycles. The van der Waals surface area contributed by atoms with Crippen molar-refractivity contribution >= 4 is 22.8 Å². The number of alkyl halides is 5. The highest BCUT2D eigenvalue weighted by Crippen LogP contribution is 2.38. The molecular weight excluding hydrogens is 546 g/mol. The number of anilines is 1. The summed E-state index contributed by atoms with van der Waals surface area (Å²) in [5, 5.41) is 13.9. The lowest BCUT2D eigenvalue weighted by Gasteiger charge is -2.26. The van der Waals surface area contributed by atoms with Gasteiger partial charge in [0.2, 0.25) is 5.43 Å². The van der Waals surface area contributed by atoms with Crippen LogP contribution in [0.1, 0.15) is 24.2 Å². The molecular formula is C23H19F8N5O3. The SMILES string of the molecule is CC(NC(=O)c1cn(-c2c(F)cc(F)cc2F)c2nc(N3C[C@@H](C)NC3O)ccc2c1=O)C(F)(F)C(F)(F)F. The number of fused-ring (bicyclic) bond motifs is 1. The van der Waals surface area contributed by atoms with Crippen LogP contribution in [-0.4, -0.2) is 57.6 Å². The second kappa shape index (κ2) is 9.75. The summed E-state index contributed by atoms with van der Waals surface area (Å²) in [5.74, 6) is -11.4. The minimum absolute atomic E-state index is 0.0126. The van der Waals surface area contributed by atoms with E-state index in [9.17, 15) is 49.8 Å². The van der Waals surface area contributed by atoms with Crippen LogP contribution < -0.4 is 21.0 Å². The number of hydrogen-bond donors (Lipinski definition) is 3. The van der Waals surface area contributed by atoms with Gasteiger partial charge in [0.1, 0.15) is 22.9 Å². The van der Waals surface area contributed by atoms with Gasteiger partial charge in [-0.2, -0.15) is 22.0 Å². The second-order valence-electron chi connectivity index (χ2n) is 8.91. The van der Waals surface area contributed by atoms with E-state index in [-0.39, 0.29) is 30.5 Å². The highest BCUT2D eigenvalue weighted by molar-refractivity contribution is 5.97. The Bertz CT molecular complexity index is 1490. The molecule has 1 aliphatic rings. The number of rotatable bonds is 5. The predicted molar refractivity (Wildman–Crippen MR) is 121 cm³/mol. The molecule has 0 spiro atoms. The number of halogens is 8. The summed E-state index contributed by atoms with van der Waals surface area (Å²) in [6.07, 6.45) is -6.77. The molecule has 1 amide bonds. The van der Waals surface area contributed by atoms with Gasteiger partial charge >= 0.3 is 12.1 Å². The van der Waals surface area contributed by atoms with Crippen molar-refractivity contribution in [2.45, 2.75) is 44.4 Å². The van der Waals surface area contributed by atoms with Crippen LogP contribution in [0.2, 0.25) is 0 Å². The van der Waals surface area contributed by atoms with Crippen molar-refractivity contribution in [3.63, 3.8) is 0 Å². The summed E-state index contributed by atoms with van der Waals surface area (Å²) < 4.78 is 109. The lowest BCUT2D eigenvalue weighted by molar-refractivity contribution is -0.290. The molecule has 3 aromatic rings. The molecule has 210 valence electrons. The zero-order valence-corrected chi connectivity index (χ0v) is 20.0. The molecule has 2 aromatic heterocycles. The molecule has 0 saturated carbocycles. The van der Waals surface area contributed by atoms with Crippen molar-refractivity contribution in [3.05, 3.63) is 63.7 Å². The average Bonchev–Trinajstić information content (AvgIpc) is 3.16. The number of aliphatic hydroxyl groups excluding tert-OH is 1. The van der Waals surface area contributed by atoms with Gasteiger partial charge in [-0.3, -0.25) is 19.5 Å². The zero-order chi connectivity index (χ0) is 29.0. The van der Waals surface area contributed by atoms with Crippen LogP contribution >= 0.6 is 0 Å². The number of nitrogens with zero attached hydrogens (tertiary/aromatic N) is 3. The van der Waals surface area contributed by atoms with E-state index in [2.05, 4.69) is 10.3 Å². The van der Waals surface area contributed by atoms with Crippen molar-refractivity contribution in [2.75, 3.05) is 11.4 Å². The van der Waals surface area contributed by atoms with Gasteiger partial charge in [0, 0.05) is 30.9 Å². The molecule has 0 aliphatic carbocycles.